The topological polar surface area (TPSA) is 34.1 Å². The van der Waals surface area contributed by atoms with Crippen LogP contribution in [0.2, 0.25) is 0 Å². The number of hydrogen-bond donors (Lipinski definition) is 0. The Balaban J connectivity index is 1.95. The fraction of sp³-hybridized carbons (Fsp3) is 0.238. The first-order valence-electron chi connectivity index (χ1n) is 8.33. The van der Waals surface area contributed by atoms with E-state index in [-0.39, 0.29) is 16.8 Å². The molecule has 0 bridgehead atoms. The number of ketones is 2. The summed E-state index contributed by atoms with van der Waals surface area (Å²) in [5, 5.41) is 0.0782. The quantitative estimate of drug-likeness (QED) is 0.509. The number of thioether (sulfide) groups is 2. The van der Waals surface area contributed by atoms with Crippen LogP contribution in [0.25, 0.3) is 0 Å². The molecule has 1 aliphatic rings. The van der Waals surface area contributed by atoms with Crippen LogP contribution >= 0.6 is 23.5 Å². The zero-order valence-electron chi connectivity index (χ0n) is 14.3. The van der Waals surface area contributed by atoms with Crippen molar-refractivity contribution in [3.8, 4) is 0 Å². The smallest absolute Gasteiger partial charge is 0.198 e. The number of allylic oxidation sites excluding steroid dienone is 1. The second-order valence-electron chi connectivity index (χ2n) is 5.94. The molecule has 1 atom stereocenters. The number of aryl methyl sites for hydroxylation is 1. The maximum absolute atomic E-state index is 12.9. The maximum Gasteiger partial charge on any atom is 0.198 e. The number of benzene rings is 2. The van der Waals surface area contributed by atoms with Gasteiger partial charge in [0, 0.05) is 17.2 Å². The molecule has 0 aliphatic carbocycles. The number of carbonyl (C=O) groups excluding carboxylic acids is 2. The van der Waals surface area contributed by atoms with E-state index in [2.05, 4.69) is 31.2 Å². The van der Waals surface area contributed by atoms with Crippen LogP contribution in [0.3, 0.4) is 0 Å². The Hall–Kier alpha value is -1.78. The van der Waals surface area contributed by atoms with Crippen molar-refractivity contribution >= 4 is 35.1 Å². The molecular formula is C21H20O2S2. The molecular weight excluding hydrogens is 348 g/mol. The average molecular weight is 369 g/mol. The lowest BCUT2D eigenvalue weighted by Crippen LogP contribution is -2.20. The molecule has 25 heavy (non-hydrogen) atoms. The van der Waals surface area contributed by atoms with E-state index in [0.717, 1.165) is 15.6 Å². The van der Waals surface area contributed by atoms with E-state index in [9.17, 15) is 9.59 Å². The molecule has 0 fully saturated rings. The van der Waals surface area contributed by atoms with Crippen LogP contribution in [-0.4, -0.2) is 17.3 Å². The van der Waals surface area contributed by atoms with Gasteiger partial charge in [-0.05, 0) is 18.2 Å². The van der Waals surface area contributed by atoms with Gasteiger partial charge in [0.15, 0.2) is 11.6 Å². The first-order valence-corrected chi connectivity index (χ1v) is 10.2. The Bertz CT molecular complexity index is 808. The summed E-state index contributed by atoms with van der Waals surface area (Å²) in [5.41, 5.74) is 3.29. The van der Waals surface area contributed by atoms with Gasteiger partial charge in [-0.15, -0.1) is 23.5 Å². The highest BCUT2D eigenvalue weighted by Gasteiger charge is 2.33. The third-order valence-electron chi connectivity index (χ3n) is 4.09. The number of hydrogen-bond acceptors (Lipinski definition) is 4. The lowest BCUT2D eigenvalue weighted by Gasteiger charge is -2.25. The van der Waals surface area contributed by atoms with E-state index < -0.39 is 0 Å². The standard InChI is InChI=1S/C21H20O2S2/c1-3-24-21-19(20(23)16-7-5-4-6-8-16)17(22)13-18(25-21)15-11-9-14(2)10-12-15/h4-12,18H,3,13H2,1-2H3/t18-/m1/s1. The second kappa shape index (κ2) is 8.07. The minimum atomic E-state index is -0.156. The summed E-state index contributed by atoms with van der Waals surface area (Å²) >= 11 is 3.24. The summed E-state index contributed by atoms with van der Waals surface area (Å²) < 4.78 is 0.859. The van der Waals surface area contributed by atoms with Gasteiger partial charge in [0.1, 0.15) is 0 Å². The van der Waals surface area contributed by atoms with E-state index in [4.69, 9.17) is 0 Å². The number of rotatable bonds is 5. The van der Waals surface area contributed by atoms with Crippen LogP contribution in [0, 0.1) is 6.92 Å². The highest BCUT2D eigenvalue weighted by Crippen LogP contribution is 2.48. The Kier molecular flexibility index (Phi) is 5.82. The zero-order valence-corrected chi connectivity index (χ0v) is 16.0. The summed E-state index contributed by atoms with van der Waals surface area (Å²) in [6, 6.07) is 17.4. The molecule has 0 amide bonds. The van der Waals surface area contributed by atoms with Gasteiger partial charge in [0.05, 0.1) is 9.81 Å². The fourth-order valence-electron chi connectivity index (χ4n) is 2.77. The molecule has 0 aromatic heterocycles. The molecule has 4 heteroatoms. The van der Waals surface area contributed by atoms with E-state index >= 15 is 0 Å². The van der Waals surface area contributed by atoms with Gasteiger partial charge in [0.2, 0.25) is 0 Å². The van der Waals surface area contributed by atoms with Crippen molar-refractivity contribution in [3.63, 3.8) is 0 Å². The summed E-state index contributed by atoms with van der Waals surface area (Å²) in [5.74, 6) is 0.632. The summed E-state index contributed by atoms with van der Waals surface area (Å²) in [6.45, 7) is 4.10. The number of Topliss-reactive ketones (excluding diaryl/α,β-unsaturated/α-hetero) is 2. The third kappa shape index (κ3) is 4.07. The first kappa shape index (κ1) is 18.0. The van der Waals surface area contributed by atoms with Gasteiger partial charge in [-0.2, -0.15) is 0 Å². The first-order chi connectivity index (χ1) is 12.1. The lowest BCUT2D eigenvalue weighted by molar-refractivity contribution is -0.115. The van der Waals surface area contributed by atoms with Gasteiger partial charge in [-0.3, -0.25) is 9.59 Å². The molecule has 1 heterocycles. The van der Waals surface area contributed by atoms with Gasteiger partial charge in [-0.25, -0.2) is 0 Å². The molecule has 0 saturated heterocycles. The van der Waals surface area contributed by atoms with E-state index in [1.807, 2.05) is 25.1 Å². The fourth-order valence-corrected chi connectivity index (χ4v) is 5.47. The van der Waals surface area contributed by atoms with Gasteiger partial charge >= 0.3 is 0 Å². The van der Waals surface area contributed by atoms with E-state index in [1.165, 1.54) is 5.56 Å². The van der Waals surface area contributed by atoms with Crippen molar-refractivity contribution in [2.45, 2.75) is 25.5 Å². The number of carbonyl (C=O) groups is 2. The molecule has 0 spiro atoms. The molecule has 2 aromatic rings. The minimum absolute atomic E-state index is 0.0471. The van der Waals surface area contributed by atoms with Crippen molar-refractivity contribution in [2.24, 2.45) is 0 Å². The van der Waals surface area contributed by atoms with Crippen LogP contribution in [0.5, 0.6) is 0 Å². The average Bonchev–Trinajstić information content (AvgIpc) is 2.62. The van der Waals surface area contributed by atoms with Gasteiger partial charge < -0.3 is 0 Å². The molecule has 2 nitrogen and oxygen atoms in total. The molecule has 3 rings (SSSR count). The molecule has 0 radical (unpaired) electrons. The third-order valence-corrected chi connectivity index (χ3v) is 6.63. The molecule has 1 aliphatic heterocycles. The SMILES string of the molecule is CCSC1=C(C(=O)c2ccccc2)C(=O)C[C@H](c2ccc(C)cc2)S1. The van der Waals surface area contributed by atoms with Crippen molar-refractivity contribution < 1.29 is 9.59 Å². The maximum atomic E-state index is 12.9. The van der Waals surface area contributed by atoms with Crippen molar-refractivity contribution in [1.82, 2.24) is 0 Å². The van der Waals surface area contributed by atoms with E-state index in [0.29, 0.717) is 17.6 Å². The Labute approximate surface area is 157 Å². The minimum Gasteiger partial charge on any atom is -0.294 e. The highest BCUT2D eigenvalue weighted by molar-refractivity contribution is 8.22. The normalized spacial score (nSPS) is 17.7. The zero-order chi connectivity index (χ0) is 17.8. The Morgan fingerprint density at radius 2 is 1.80 bits per heavy atom. The van der Waals surface area contributed by atoms with Crippen molar-refractivity contribution in [2.75, 3.05) is 5.75 Å². The van der Waals surface area contributed by atoms with Gasteiger partial charge in [0.25, 0.3) is 0 Å². The molecule has 0 N–H and O–H groups in total. The highest BCUT2D eigenvalue weighted by atomic mass is 32.2. The van der Waals surface area contributed by atoms with Crippen LogP contribution in [0.15, 0.2) is 64.4 Å². The Morgan fingerprint density at radius 1 is 1.12 bits per heavy atom. The molecule has 128 valence electrons. The summed E-state index contributed by atoms with van der Waals surface area (Å²) in [6.07, 6.45) is 0.370. The van der Waals surface area contributed by atoms with Crippen molar-refractivity contribution in [3.05, 3.63) is 81.1 Å². The van der Waals surface area contributed by atoms with Gasteiger partial charge in [-0.1, -0.05) is 67.1 Å². The molecule has 2 aromatic carbocycles. The van der Waals surface area contributed by atoms with Crippen LogP contribution in [-0.2, 0) is 4.79 Å². The second-order valence-corrected chi connectivity index (χ2v) is 8.68. The largest absolute Gasteiger partial charge is 0.294 e. The predicted molar refractivity (Wildman–Crippen MR) is 107 cm³/mol. The van der Waals surface area contributed by atoms with Crippen molar-refractivity contribution in [1.29, 1.82) is 0 Å². The summed E-state index contributed by atoms with van der Waals surface area (Å²) in [7, 11) is 0. The lowest BCUT2D eigenvalue weighted by atomic mass is 9.96. The summed E-state index contributed by atoms with van der Waals surface area (Å²) in [4.78, 5) is 25.7. The Morgan fingerprint density at radius 3 is 2.44 bits per heavy atom. The molecule has 0 unspecified atom stereocenters. The predicted octanol–water partition coefficient (Wildman–Crippen LogP) is 5.59. The van der Waals surface area contributed by atoms with E-state index in [1.54, 1.807) is 35.7 Å². The van der Waals surface area contributed by atoms with Crippen LogP contribution < -0.4 is 0 Å². The monoisotopic (exact) mass is 368 g/mol. The molecule has 0 saturated carbocycles. The van der Waals surface area contributed by atoms with Crippen LogP contribution in [0.4, 0.5) is 0 Å². The van der Waals surface area contributed by atoms with Crippen LogP contribution in [0.1, 0.15) is 40.1 Å².